The molecule has 21 heteroatoms. The van der Waals surface area contributed by atoms with Crippen molar-refractivity contribution >= 4 is 69.2 Å². The van der Waals surface area contributed by atoms with Gasteiger partial charge in [-0.05, 0) is 89.6 Å². The van der Waals surface area contributed by atoms with E-state index in [0.717, 1.165) is 47.8 Å². The van der Waals surface area contributed by atoms with Crippen LogP contribution in [0.4, 0.5) is 9.93 Å². The summed E-state index contributed by atoms with van der Waals surface area (Å²) in [5, 5.41) is 8.59. The summed E-state index contributed by atoms with van der Waals surface area (Å²) in [5.74, 6) is -1.08. The number of carbonyl (C=O) groups excluding carboxylic acids is 4. The second-order valence-electron chi connectivity index (χ2n) is 14.6. The third-order valence-electron chi connectivity index (χ3n) is 8.82. The number of esters is 1. The fourth-order valence-corrected chi connectivity index (χ4v) is 8.06. The number of amides is 3. The van der Waals surface area contributed by atoms with Gasteiger partial charge in [0.2, 0.25) is 23.0 Å². The Balaban J connectivity index is 0.00000661. The summed E-state index contributed by atoms with van der Waals surface area (Å²) in [6.07, 6.45) is 3.91. The van der Waals surface area contributed by atoms with Crippen molar-refractivity contribution in [2.24, 2.45) is 5.16 Å². The number of hydrogen-bond donors (Lipinski definition) is 2. The minimum atomic E-state index is -1.03. The Morgan fingerprint density at radius 3 is 2.59 bits per heavy atom. The summed E-state index contributed by atoms with van der Waals surface area (Å²) < 4.78 is 24.6. The number of ether oxygens (including phenoxy) is 3. The van der Waals surface area contributed by atoms with E-state index in [9.17, 15) is 19.2 Å². The maximum absolute atomic E-state index is 14.0. The number of nitrogens with zero attached hydrogens (tertiary/aromatic N) is 8. The Morgan fingerprint density at radius 2 is 1.90 bits per heavy atom. The van der Waals surface area contributed by atoms with Gasteiger partial charge in [0.1, 0.15) is 53.7 Å². The van der Waals surface area contributed by atoms with Gasteiger partial charge in [0.15, 0.2) is 0 Å². The number of halogens is 1. The van der Waals surface area contributed by atoms with Crippen LogP contribution in [0, 0.1) is 0 Å². The number of oxime groups is 1. The molecule has 0 radical (unpaired) electrons. The molecule has 18 nitrogen and oxygen atoms in total. The number of pyridine rings is 1. The molecular formula is C38H47BrN10O8S2. The van der Waals surface area contributed by atoms with Gasteiger partial charge in [-0.3, -0.25) is 19.8 Å². The van der Waals surface area contributed by atoms with Gasteiger partial charge in [-0.15, -0.1) is 11.8 Å². The zero-order valence-corrected chi connectivity index (χ0v) is 37.0. The number of aromatic nitrogens is 5. The zero-order valence-electron chi connectivity index (χ0n) is 33.8. The largest absolute Gasteiger partial charge is 1.00 e. The monoisotopic (exact) mass is 914 g/mol. The van der Waals surface area contributed by atoms with E-state index in [-0.39, 0.29) is 59.1 Å². The summed E-state index contributed by atoms with van der Waals surface area (Å²) >= 11 is 2.22. The lowest BCUT2D eigenvalue weighted by molar-refractivity contribution is -0.664. The van der Waals surface area contributed by atoms with Gasteiger partial charge in [0, 0.05) is 29.4 Å². The first kappa shape index (κ1) is 45.0. The maximum Gasteiger partial charge on any atom is 0.414 e. The third kappa shape index (κ3) is 10.9. The molecule has 1 saturated heterocycles. The quantitative estimate of drug-likeness (QED) is 0.0514. The van der Waals surface area contributed by atoms with Crippen LogP contribution in [-0.4, -0.2) is 115 Å². The molecule has 6 rings (SSSR count). The molecule has 5 heterocycles. The first-order valence-corrected chi connectivity index (χ1v) is 20.4. The summed E-state index contributed by atoms with van der Waals surface area (Å²) in [6.45, 7) is 8.93. The Morgan fingerprint density at radius 1 is 1.14 bits per heavy atom. The Bertz CT molecular complexity index is 2220. The molecule has 4 aromatic rings. The average molecular weight is 916 g/mol. The number of benzene rings is 1. The fraction of sp³-hybridized carbons (Fsp3) is 0.447. The second-order valence-corrected chi connectivity index (χ2v) is 16.4. The van der Waals surface area contributed by atoms with Crippen LogP contribution in [0.5, 0.6) is 5.75 Å². The molecule has 0 spiro atoms. The maximum atomic E-state index is 14.0. The molecule has 0 saturated carbocycles. The highest BCUT2D eigenvalue weighted by atomic mass is 79.9. The molecule has 2 atom stereocenters. The van der Waals surface area contributed by atoms with E-state index in [1.165, 1.54) is 16.7 Å². The van der Waals surface area contributed by atoms with Gasteiger partial charge < -0.3 is 50.8 Å². The van der Waals surface area contributed by atoms with Crippen molar-refractivity contribution in [3.8, 4) is 5.75 Å². The van der Waals surface area contributed by atoms with E-state index in [4.69, 9.17) is 24.0 Å². The Labute approximate surface area is 360 Å². The van der Waals surface area contributed by atoms with Crippen molar-refractivity contribution in [2.75, 3.05) is 45.4 Å². The van der Waals surface area contributed by atoms with Gasteiger partial charge in [0.05, 0.1) is 13.3 Å². The summed E-state index contributed by atoms with van der Waals surface area (Å²) in [7, 11) is 5.65. The van der Waals surface area contributed by atoms with Crippen LogP contribution >= 0.6 is 23.3 Å². The van der Waals surface area contributed by atoms with E-state index in [0.29, 0.717) is 17.1 Å². The van der Waals surface area contributed by atoms with Crippen LogP contribution in [0.3, 0.4) is 0 Å². The molecule has 2 N–H and O–H groups in total. The van der Waals surface area contributed by atoms with Crippen LogP contribution in [0.25, 0.3) is 11.2 Å². The Kier molecular flexibility index (Phi) is 15.1. The molecule has 316 valence electrons. The van der Waals surface area contributed by atoms with Crippen LogP contribution in [-0.2, 0) is 48.4 Å². The minimum Gasteiger partial charge on any atom is -1.00 e. The lowest BCUT2D eigenvalue weighted by Gasteiger charge is -2.49. The number of anilines is 1. The topological polar surface area (TPSA) is 196 Å². The second kappa shape index (κ2) is 19.8. The number of fused-ring (bicyclic) bond motifs is 2. The number of aryl methyl sites for hydroxylation is 1. The van der Waals surface area contributed by atoms with Crippen molar-refractivity contribution < 1.29 is 59.8 Å². The number of β-lactam (4-membered cyclic amide) rings is 1. The van der Waals surface area contributed by atoms with E-state index < -0.39 is 40.9 Å². The smallest absolute Gasteiger partial charge is 0.414 e. The third-order valence-corrected chi connectivity index (χ3v) is 10.8. The lowest BCUT2D eigenvalue weighted by atomic mass is 10.0. The van der Waals surface area contributed by atoms with Crippen LogP contribution in [0.15, 0.2) is 65.3 Å². The highest BCUT2D eigenvalue weighted by Gasteiger charge is 2.55. The van der Waals surface area contributed by atoms with Gasteiger partial charge in [0.25, 0.3) is 11.8 Å². The summed E-state index contributed by atoms with van der Waals surface area (Å²) in [6, 6.07) is 10.0. The van der Waals surface area contributed by atoms with Crippen molar-refractivity contribution in [3.63, 3.8) is 0 Å². The zero-order chi connectivity index (χ0) is 41.6. The Hall–Kier alpha value is -5.12. The van der Waals surface area contributed by atoms with Gasteiger partial charge in [-0.25, -0.2) is 14.2 Å². The van der Waals surface area contributed by atoms with Crippen molar-refractivity contribution in [3.05, 3.63) is 71.6 Å². The van der Waals surface area contributed by atoms with Crippen LogP contribution < -0.4 is 36.9 Å². The van der Waals surface area contributed by atoms with Gasteiger partial charge >= 0.3 is 17.7 Å². The van der Waals surface area contributed by atoms with Crippen molar-refractivity contribution in [1.29, 1.82) is 0 Å². The molecule has 3 amide bonds. The molecule has 0 bridgehead atoms. The van der Waals surface area contributed by atoms with Crippen molar-refractivity contribution in [2.45, 2.75) is 70.8 Å². The number of imidazole rings is 1. The molecule has 3 aromatic heterocycles. The number of rotatable bonds is 16. The predicted molar refractivity (Wildman–Crippen MR) is 216 cm³/mol. The standard InChI is InChI=1S/C38H46N10O8S2.BrH/c1-8-55-43-27(30-41-36(58-44-30)42-37(52)56-38(2,3)4)32(49)40-28-33(50)48-29(35(51)54-20-23-12-14-25(53-7)15-13-23)24(21-57-34(28)48)19-46-17-9-11-26-31(46)39-22-47(26)18-10-16-45(5)6;/h9,11-15,17,22,28,34H,8,10,16,18-21H2,1-7H3,(H-,40,41,42,44,49,52);1H/b43-27-;. The SMILES string of the molecule is CCO/N=C(\C(=O)NC1C(=O)N2C(C(=O)OCc3ccc(OC)cc3)=C(C[n+]3cccc4c3ncn4CCCN(C)C)CSC12)c1nsc(NC(=O)OC(C)(C)C)n1.[Br-]. The fourth-order valence-electron chi connectivity index (χ4n) is 6.17. The first-order chi connectivity index (χ1) is 27.8. The van der Waals surface area contributed by atoms with Crippen molar-refractivity contribution in [1.82, 2.24) is 34.0 Å². The molecule has 1 aromatic carbocycles. The van der Waals surface area contributed by atoms with E-state index in [1.807, 2.05) is 43.3 Å². The van der Waals surface area contributed by atoms with Crippen LogP contribution in [0.2, 0.25) is 0 Å². The highest BCUT2D eigenvalue weighted by molar-refractivity contribution is 8.00. The van der Waals surface area contributed by atoms with E-state index in [2.05, 4.69) is 34.6 Å². The highest BCUT2D eigenvalue weighted by Crippen LogP contribution is 2.41. The van der Waals surface area contributed by atoms with Gasteiger partial charge in [-0.2, -0.15) is 9.36 Å². The summed E-state index contributed by atoms with van der Waals surface area (Å²) in [4.78, 5) is 71.8. The number of nitrogens with one attached hydrogen (secondary N) is 2. The average Bonchev–Trinajstić information content (AvgIpc) is 3.82. The predicted octanol–water partition coefficient (Wildman–Crippen LogP) is 0.325. The molecule has 0 aliphatic carbocycles. The number of carbonyl (C=O) groups is 4. The normalized spacial score (nSPS) is 16.6. The summed E-state index contributed by atoms with van der Waals surface area (Å²) in [5.41, 5.74) is 2.14. The molecule has 2 aliphatic rings. The van der Waals surface area contributed by atoms with E-state index in [1.54, 1.807) is 59.1 Å². The minimum absolute atomic E-state index is 0. The molecule has 59 heavy (non-hydrogen) atoms. The number of methoxy groups -OCH3 is 1. The number of hydrogen-bond acceptors (Lipinski definition) is 15. The molecule has 2 unspecified atom stereocenters. The molecule has 1 fully saturated rings. The lowest BCUT2D eigenvalue weighted by Crippen LogP contribution is -3.00. The molecular weight excluding hydrogens is 869 g/mol. The number of thioether (sulfide) groups is 1. The van der Waals surface area contributed by atoms with E-state index >= 15 is 0 Å². The first-order valence-electron chi connectivity index (χ1n) is 18.6. The molecule has 2 aliphatic heterocycles. The van der Waals surface area contributed by atoms with Gasteiger partial charge in [-0.1, -0.05) is 17.3 Å². The van der Waals surface area contributed by atoms with Crippen LogP contribution in [0.1, 0.15) is 45.5 Å².